The van der Waals surface area contributed by atoms with Gasteiger partial charge in [0.15, 0.2) is 0 Å². The second-order valence-corrected chi connectivity index (χ2v) is 9.75. The van der Waals surface area contributed by atoms with Crippen LogP contribution in [0.2, 0.25) is 0 Å². The quantitative estimate of drug-likeness (QED) is 0.677. The normalized spacial score (nSPS) is 58.7. The van der Waals surface area contributed by atoms with Crippen molar-refractivity contribution < 1.29 is 5.11 Å². The zero-order valence-electron chi connectivity index (χ0n) is 14.1. The van der Waals surface area contributed by atoms with Crippen LogP contribution in [0, 0.1) is 33.5 Å². The van der Waals surface area contributed by atoms with Crippen LogP contribution in [-0.2, 0) is 0 Å². The fourth-order valence-corrected chi connectivity index (χ4v) is 7.46. The third-order valence-corrected chi connectivity index (χ3v) is 8.41. The van der Waals surface area contributed by atoms with Crippen LogP contribution < -0.4 is 0 Å². The minimum absolute atomic E-state index is 0.178. The summed E-state index contributed by atoms with van der Waals surface area (Å²) in [5.74, 6) is 1.60. The van der Waals surface area contributed by atoms with Crippen LogP contribution >= 0.6 is 0 Å². The molecule has 118 valence electrons. The van der Waals surface area contributed by atoms with Gasteiger partial charge in [-0.2, -0.15) is 0 Å². The summed E-state index contributed by atoms with van der Waals surface area (Å²) in [4.78, 5) is 0. The molecule has 4 rings (SSSR count). The van der Waals surface area contributed by atoms with E-state index in [0.717, 1.165) is 11.8 Å². The Balaban J connectivity index is 1.74. The Morgan fingerprint density at radius 1 is 0.952 bits per heavy atom. The van der Waals surface area contributed by atoms with Crippen molar-refractivity contribution >= 4 is 0 Å². The number of fused-ring (bicyclic) bond motifs is 3. The summed E-state index contributed by atoms with van der Waals surface area (Å²) in [7, 11) is 0. The van der Waals surface area contributed by atoms with Crippen molar-refractivity contribution in [2.45, 2.75) is 72.1 Å². The average Bonchev–Trinajstić information content (AvgIpc) is 2.69. The first-order valence-electron chi connectivity index (χ1n) is 9.17. The zero-order chi connectivity index (χ0) is 14.9. The van der Waals surface area contributed by atoms with Crippen molar-refractivity contribution in [3.05, 3.63) is 12.2 Å². The van der Waals surface area contributed by atoms with Crippen LogP contribution in [0.15, 0.2) is 12.2 Å². The predicted molar refractivity (Wildman–Crippen MR) is 86.9 cm³/mol. The highest BCUT2D eigenvalue weighted by molar-refractivity contribution is 5.25. The molecule has 0 aromatic carbocycles. The van der Waals surface area contributed by atoms with Gasteiger partial charge in [0.25, 0.3) is 0 Å². The van der Waals surface area contributed by atoms with Crippen LogP contribution in [0.25, 0.3) is 0 Å². The number of hydrogen-bond donors (Lipinski definition) is 1. The molecule has 3 fully saturated rings. The van der Waals surface area contributed by atoms with Crippen LogP contribution in [-0.4, -0.2) is 11.7 Å². The molecule has 0 heterocycles. The summed E-state index contributed by atoms with van der Waals surface area (Å²) in [5, 5.41) is 10.1. The summed E-state index contributed by atoms with van der Waals surface area (Å²) < 4.78 is 0. The molecule has 1 N–H and O–H groups in total. The first-order chi connectivity index (χ1) is 9.86. The Bertz CT molecular complexity index is 482. The Kier molecular flexibility index (Phi) is 2.83. The lowest BCUT2D eigenvalue weighted by molar-refractivity contribution is -0.154. The molecule has 0 radical (unpaired) electrons. The molecule has 0 unspecified atom stereocenters. The van der Waals surface area contributed by atoms with Gasteiger partial charge in [0.05, 0.1) is 0 Å². The van der Waals surface area contributed by atoms with Gasteiger partial charge in [-0.15, -0.1) is 0 Å². The highest BCUT2D eigenvalue weighted by Gasteiger charge is 2.63. The second-order valence-electron chi connectivity index (χ2n) is 9.75. The topological polar surface area (TPSA) is 20.2 Å². The Hall–Kier alpha value is -0.300. The van der Waals surface area contributed by atoms with E-state index in [1.165, 1.54) is 51.4 Å². The third kappa shape index (κ3) is 1.73. The lowest BCUT2D eigenvalue weighted by Crippen LogP contribution is -2.57. The predicted octanol–water partition coefficient (Wildman–Crippen LogP) is 4.95. The summed E-state index contributed by atoms with van der Waals surface area (Å²) in [5.41, 5.74) is 1.64. The summed E-state index contributed by atoms with van der Waals surface area (Å²) in [6, 6.07) is 0. The first kappa shape index (κ1) is 14.3. The van der Waals surface area contributed by atoms with E-state index in [4.69, 9.17) is 0 Å². The van der Waals surface area contributed by atoms with Crippen molar-refractivity contribution in [3.8, 4) is 0 Å². The summed E-state index contributed by atoms with van der Waals surface area (Å²) in [6.07, 6.45) is 16.1. The van der Waals surface area contributed by atoms with Gasteiger partial charge in [0.2, 0.25) is 0 Å². The average molecular weight is 288 g/mol. The molecule has 4 aliphatic rings. The molecular formula is C20H32O. The molecule has 1 nitrogen and oxygen atoms in total. The number of hydrogen-bond acceptors (Lipinski definition) is 1. The molecule has 1 heteroatoms. The standard InChI is InChI=1S/C20H32O/c1-17-9-5-16-19(3)8-4-7-18(2,14-21)15(19)6-10-20(16,13-17)12-11-17/h11-12,15-16,21H,4-10,13-14H2,1-3H3/t15-,16+,17+,18+,19-,20+/m1/s1. The fraction of sp³-hybridized carbons (Fsp3) is 0.900. The van der Waals surface area contributed by atoms with Gasteiger partial charge in [-0.3, -0.25) is 0 Å². The zero-order valence-corrected chi connectivity index (χ0v) is 14.1. The smallest absolute Gasteiger partial charge is 0.0487 e. The molecule has 1 spiro atoms. The lowest BCUT2D eigenvalue weighted by atomic mass is 9.40. The molecule has 0 amide bonds. The van der Waals surface area contributed by atoms with Crippen LogP contribution in [0.4, 0.5) is 0 Å². The minimum Gasteiger partial charge on any atom is -0.396 e. The molecule has 6 atom stereocenters. The van der Waals surface area contributed by atoms with Gasteiger partial charge in [-0.05, 0) is 78.4 Å². The highest BCUT2D eigenvalue weighted by atomic mass is 16.3. The molecule has 3 saturated carbocycles. The van der Waals surface area contributed by atoms with Crippen molar-refractivity contribution in [1.82, 2.24) is 0 Å². The SMILES string of the molecule is C[C@@]12C=C[C@@]3(CC[C@@H]4[C@](C)(CO)CCC[C@@]4(C)[C@@H]3CC1)C2. The number of rotatable bonds is 1. The summed E-state index contributed by atoms with van der Waals surface area (Å²) >= 11 is 0. The third-order valence-electron chi connectivity index (χ3n) is 8.41. The van der Waals surface area contributed by atoms with E-state index in [0.29, 0.717) is 22.9 Å². The van der Waals surface area contributed by atoms with Gasteiger partial charge in [-0.25, -0.2) is 0 Å². The van der Waals surface area contributed by atoms with Crippen LogP contribution in [0.5, 0.6) is 0 Å². The summed E-state index contributed by atoms with van der Waals surface area (Å²) in [6.45, 7) is 7.82. The first-order valence-corrected chi connectivity index (χ1v) is 9.17. The molecule has 0 saturated heterocycles. The molecule has 4 aliphatic carbocycles. The van der Waals surface area contributed by atoms with Gasteiger partial charge < -0.3 is 5.11 Å². The second kappa shape index (κ2) is 4.16. The van der Waals surface area contributed by atoms with Crippen molar-refractivity contribution in [3.63, 3.8) is 0 Å². The molecular weight excluding hydrogens is 256 g/mol. The van der Waals surface area contributed by atoms with Crippen molar-refractivity contribution in [2.75, 3.05) is 6.61 Å². The number of aliphatic hydroxyl groups excluding tert-OH is 1. The Labute approximate surface area is 130 Å². The maximum atomic E-state index is 10.1. The highest BCUT2D eigenvalue weighted by Crippen LogP contribution is 2.71. The Morgan fingerprint density at radius 3 is 2.48 bits per heavy atom. The van der Waals surface area contributed by atoms with E-state index in [9.17, 15) is 5.11 Å². The van der Waals surface area contributed by atoms with Crippen molar-refractivity contribution in [2.24, 2.45) is 33.5 Å². The maximum absolute atomic E-state index is 10.1. The largest absolute Gasteiger partial charge is 0.396 e. The van der Waals surface area contributed by atoms with Gasteiger partial charge >= 0.3 is 0 Å². The molecule has 2 bridgehead atoms. The van der Waals surface area contributed by atoms with E-state index in [1.54, 1.807) is 0 Å². The Morgan fingerprint density at radius 2 is 1.71 bits per heavy atom. The van der Waals surface area contributed by atoms with E-state index in [1.807, 2.05) is 0 Å². The maximum Gasteiger partial charge on any atom is 0.0487 e. The van der Waals surface area contributed by atoms with Gasteiger partial charge in [0.1, 0.15) is 0 Å². The van der Waals surface area contributed by atoms with E-state index < -0.39 is 0 Å². The van der Waals surface area contributed by atoms with Gasteiger partial charge in [-0.1, -0.05) is 39.3 Å². The fourth-order valence-electron chi connectivity index (χ4n) is 7.46. The lowest BCUT2D eigenvalue weighted by Gasteiger charge is -2.64. The molecule has 0 aromatic rings. The van der Waals surface area contributed by atoms with E-state index in [2.05, 4.69) is 32.9 Å². The molecule has 0 aliphatic heterocycles. The monoisotopic (exact) mass is 288 g/mol. The van der Waals surface area contributed by atoms with Crippen LogP contribution in [0.3, 0.4) is 0 Å². The van der Waals surface area contributed by atoms with E-state index in [-0.39, 0.29) is 5.41 Å². The van der Waals surface area contributed by atoms with Gasteiger partial charge in [0, 0.05) is 6.61 Å². The van der Waals surface area contributed by atoms with Crippen LogP contribution in [0.1, 0.15) is 72.1 Å². The van der Waals surface area contributed by atoms with Crippen molar-refractivity contribution in [1.29, 1.82) is 0 Å². The number of allylic oxidation sites excluding steroid dienone is 2. The number of aliphatic hydroxyl groups is 1. The van der Waals surface area contributed by atoms with E-state index >= 15 is 0 Å². The minimum atomic E-state index is 0.178. The molecule has 0 aromatic heterocycles. The molecule has 21 heavy (non-hydrogen) atoms.